The fourth-order valence-corrected chi connectivity index (χ4v) is 2.05. The average Bonchev–Trinajstić information content (AvgIpc) is 2.15. The number of nitrogen functional groups attached to an aromatic ring is 1. The maximum absolute atomic E-state index is 9.07. The molecule has 1 saturated carbocycles. The SMILES string of the molecule is Nc1ccccc1N(CCO)C1CCC1. The van der Waals surface area contributed by atoms with Crippen LogP contribution in [-0.4, -0.2) is 24.3 Å². The van der Waals surface area contributed by atoms with Crippen LogP contribution < -0.4 is 10.6 Å². The van der Waals surface area contributed by atoms with Crippen molar-refractivity contribution in [3.63, 3.8) is 0 Å². The molecule has 0 amide bonds. The first-order chi connectivity index (χ1) is 7.33. The lowest BCUT2D eigenvalue weighted by Gasteiger charge is -2.39. The smallest absolute Gasteiger partial charge is 0.0606 e. The van der Waals surface area contributed by atoms with E-state index in [1.165, 1.54) is 19.3 Å². The molecule has 1 aliphatic rings. The van der Waals surface area contributed by atoms with E-state index in [1.807, 2.05) is 24.3 Å². The lowest BCUT2D eigenvalue weighted by atomic mass is 9.91. The molecule has 3 nitrogen and oxygen atoms in total. The van der Waals surface area contributed by atoms with Crippen LogP contribution in [0.4, 0.5) is 11.4 Å². The van der Waals surface area contributed by atoms with Gasteiger partial charge in [0.15, 0.2) is 0 Å². The number of hydrogen-bond donors (Lipinski definition) is 2. The summed E-state index contributed by atoms with van der Waals surface area (Å²) < 4.78 is 0. The largest absolute Gasteiger partial charge is 0.397 e. The van der Waals surface area contributed by atoms with E-state index < -0.39 is 0 Å². The van der Waals surface area contributed by atoms with Gasteiger partial charge in [-0.25, -0.2) is 0 Å². The predicted octanol–water partition coefficient (Wildman–Crippen LogP) is 1.62. The number of anilines is 2. The van der Waals surface area contributed by atoms with Crippen LogP contribution in [0, 0.1) is 0 Å². The molecule has 0 bridgehead atoms. The summed E-state index contributed by atoms with van der Waals surface area (Å²) >= 11 is 0. The molecule has 0 aliphatic heterocycles. The number of benzene rings is 1. The van der Waals surface area contributed by atoms with Gasteiger partial charge in [0.25, 0.3) is 0 Å². The summed E-state index contributed by atoms with van der Waals surface area (Å²) in [4.78, 5) is 2.23. The summed E-state index contributed by atoms with van der Waals surface area (Å²) in [6.07, 6.45) is 3.72. The first-order valence-corrected chi connectivity index (χ1v) is 5.55. The molecule has 0 aromatic heterocycles. The Morgan fingerprint density at radius 1 is 1.33 bits per heavy atom. The summed E-state index contributed by atoms with van der Waals surface area (Å²) in [5.41, 5.74) is 7.81. The van der Waals surface area contributed by atoms with Gasteiger partial charge in [-0.2, -0.15) is 0 Å². The van der Waals surface area contributed by atoms with Crippen LogP contribution >= 0.6 is 0 Å². The zero-order valence-electron chi connectivity index (χ0n) is 8.89. The maximum atomic E-state index is 9.07. The molecule has 0 atom stereocenters. The van der Waals surface area contributed by atoms with Crippen LogP contribution in [0.15, 0.2) is 24.3 Å². The highest BCUT2D eigenvalue weighted by atomic mass is 16.3. The Hall–Kier alpha value is -1.22. The van der Waals surface area contributed by atoms with Crippen LogP contribution in [0.2, 0.25) is 0 Å². The van der Waals surface area contributed by atoms with Gasteiger partial charge in [-0.3, -0.25) is 0 Å². The highest BCUT2D eigenvalue weighted by Gasteiger charge is 2.25. The fourth-order valence-electron chi connectivity index (χ4n) is 2.05. The molecule has 3 N–H and O–H groups in total. The fraction of sp³-hybridized carbons (Fsp3) is 0.500. The number of para-hydroxylation sites is 2. The molecule has 0 radical (unpaired) electrons. The Bertz CT molecular complexity index is 323. The van der Waals surface area contributed by atoms with Gasteiger partial charge in [-0.05, 0) is 31.4 Å². The number of aliphatic hydroxyl groups is 1. The number of hydrogen-bond acceptors (Lipinski definition) is 3. The normalized spacial score (nSPS) is 16.1. The standard InChI is InChI=1S/C12H18N2O/c13-11-6-1-2-7-12(11)14(8-9-15)10-4-3-5-10/h1-2,6-7,10,15H,3-5,8-9,13H2. The Morgan fingerprint density at radius 3 is 2.60 bits per heavy atom. The summed E-state index contributed by atoms with van der Waals surface area (Å²) in [6, 6.07) is 8.45. The van der Waals surface area contributed by atoms with Crippen LogP contribution in [-0.2, 0) is 0 Å². The third-order valence-electron chi connectivity index (χ3n) is 3.10. The molecule has 0 saturated heterocycles. The van der Waals surface area contributed by atoms with Crippen molar-refractivity contribution in [2.75, 3.05) is 23.8 Å². The van der Waals surface area contributed by atoms with Gasteiger partial charge in [0.05, 0.1) is 18.0 Å². The lowest BCUT2D eigenvalue weighted by Crippen LogP contribution is -2.42. The van der Waals surface area contributed by atoms with E-state index in [0.29, 0.717) is 12.6 Å². The molecule has 0 heterocycles. The first-order valence-electron chi connectivity index (χ1n) is 5.55. The minimum atomic E-state index is 0.185. The maximum Gasteiger partial charge on any atom is 0.0606 e. The van der Waals surface area contributed by atoms with Gasteiger partial charge in [0, 0.05) is 12.6 Å². The van der Waals surface area contributed by atoms with Crippen molar-refractivity contribution >= 4 is 11.4 Å². The summed E-state index contributed by atoms with van der Waals surface area (Å²) in [5, 5.41) is 9.07. The predicted molar refractivity (Wildman–Crippen MR) is 62.9 cm³/mol. The van der Waals surface area contributed by atoms with Crippen molar-refractivity contribution in [2.24, 2.45) is 0 Å². The van der Waals surface area contributed by atoms with E-state index >= 15 is 0 Å². The molecular formula is C12H18N2O. The molecular weight excluding hydrogens is 188 g/mol. The van der Waals surface area contributed by atoms with Crippen molar-refractivity contribution in [1.82, 2.24) is 0 Å². The van der Waals surface area contributed by atoms with E-state index in [4.69, 9.17) is 10.8 Å². The van der Waals surface area contributed by atoms with Crippen LogP contribution in [0.3, 0.4) is 0 Å². The monoisotopic (exact) mass is 206 g/mol. The van der Waals surface area contributed by atoms with Gasteiger partial charge in [0.1, 0.15) is 0 Å². The highest BCUT2D eigenvalue weighted by Crippen LogP contribution is 2.32. The van der Waals surface area contributed by atoms with Gasteiger partial charge in [-0.15, -0.1) is 0 Å². The Morgan fingerprint density at radius 2 is 2.07 bits per heavy atom. The molecule has 0 spiro atoms. The molecule has 1 aliphatic carbocycles. The van der Waals surface area contributed by atoms with Crippen molar-refractivity contribution in [3.8, 4) is 0 Å². The zero-order chi connectivity index (χ0) is 10.7. The Kier molecular flexibility index (Phi) is 3.11. The molecule has 2 rings (SSSR count). The van der Waals surface area contributed by atoms with Crippen molar-refractivity contribution in [1.29, 1.82) is 0 Å². The van der Waals surface area contributed by atoms with Crippen LogP contribution in [0.25, 0.3) is 0 Å². The van der Waals surface area contributed by atoms with Crippen LogP contribution in [0.1, 0.15) is 19.3 Å². The van der Waals surface area contributed by atoms with Gasteiger partial charge in [-0.1, -0.05) is 12.1 Å². The minimum Gasteiger partial charge on any atom is -0.397 e. The van der Waals surface area contributed by atoms with E-state index in [2.05, 4.69) is 4.90 Å². The highest BCUT2D eigenvalue weighted by molar-refractivity contribution is 5.67. The molecule has 82 valence electrons. The van der Waals surface area contributed by atoms with Crippen LogP contribution in [0.5, 0.6) is 0 Å². The zero-order valence-corrected chi connectivity index (χ0v) is 8.89. The molecule has 0 unspecified atom stereocenters. The Balaban J connectivity index is 2.19. The van der Waals surface area contributed by atoms with Gasteiger partial charge in [0.2, 0.25) is 0 Å². The molecule has 1 aromatic rings. The third kappa shape index (κ3) is 2.07. The molecule has 15 heavy (non-hydrogen) atoms. The number of rotatable bonds is 4. The molecule has 1 aromatic carbocycles. The van der Waals surface area contributed by atoms with Crippen molar-refractivity contribution in [2.45, 2.75) is 25.3 Å². The number of aliphatic hydroxyl groups excluding tert-OH is 1. The van der Waals surface area contributed by atoms with E-state index in [9.17, 15) is 0 Å². The summed E-state index contributed by atoms with van der Waals surface area (Å²) in [6.45, 7) is 0.865. The number of nitrogens with zero attached hydrogens (tertiary/aromatic N) is 1. The van der Waals surface area contributed by atoms with Crippen molar-refractivity contribution in [3.05, 3.63) is 24.3 Å². The quantitative estimate of drug-likeness (QED) is 0.736. The Labute approximate surface area is 90.5 Å². The van der Waals surface area contributed by atoms with Gasteiger partial charge < -0.3 is 15.7 Å². The average molecular weight is 206 g/mol. The van der Waals surface area contributed by atoms with E-state index in [0.717, 1.165) is 11.4 Å². The lowest BCUT2D eigenvalue weighted by molar-refractivity contribution is 0.284. The first kappa shape index (κ1) is 10.3. The van der Waals surface area contributed by atoms with E-state index in [-0.39, 0.29) is 6.61 Å². The van der Waals surface area contributed by atoms with E-state index in [1.54, 1.807) is 0 Å². The molecule has 1 fully saturated rings. The molecule has 3 heteroatoms. The second-order valence-corrected chi connectivity index (χ2v) is 4.06. The second-order valence-electron chi connectivity index (χ2n) is 4.06. The number of nitrogens with two attached hydrogens (primary N) is 1. The minimum absolute atomic E-state index is 0.185. The topological polar surface area (TPSA) is 49.5 Å². The third-order valence-corrected chi connectivity index (χ3v) is 3.10. The van der Waals surface area contributed by atoms with Gasteiger partial charge >= 0.3 is 0 Å². The summed E-state index contributed by atoms with van der Waals surface area (Å²) in [7, 11) is 0. The second kappa shape index (κ2) is 4.53. The van der Waals surface area contributed by atoms with Crippen molar-refractivity contribution < 1.29 is 5.11 Å². The summed E-state index contributed by atoms with van der Waals surface area (Å²) in [5.74, 6) is 0.